The second-order valence-corrected chi connectivity index (χ2v) is 7.45. The summed E-state index contributed by atoms with van der Waals surface area (Å²) in [6.07, 6.45) is -11.5. The van der Waals surface area contributed by atoms with Gasteiger partial charge in [0.05, 0.1) is 17.9 Å². The van der Waals surface area contributed by atoms with Gasteiger partial charge in [0.2, 0.25) is 0 Å². The van der Waals surface area contributed by atoms with Crippen LogP contribution < -0.4 is 10.6 Å². The number of nitrogens with zero attached hydrogens (tertiary/aromatic N) is 1. The molecule has 2 amide bonds. The fourth-order valence-electron chi connectivity index (χ4n) is 3.46. The van der Waals surface area contributed by atoms with Crippen LogP contribution >= 0.6 is 0 Å². The number of anilines is 1. The first-order chi connectivity index (χ1) is 16.3. The van der Waals surface area contributed by atoms with E-state index in [4.69, 9.17) is 0 Å². The minimum Gasteiger partial charge on any atom is -0.426 e. The number of amides is 2. The molecule has 0 radical (unpaired) electrons. The maximum atomic E-state index is 14.4. The summed E-state index contributed by atoms with van der Waals surface area (Å²) in [5, 5.41) is 9.38. The van der Waals surface area contributed by atoms with E-state index in [-0.39, 0.29) is 22.5 Å². The highest BCUT2D eigenvalue weighted by Crippen LogP contribution is 2.48. The molecule has 0 saturated carbocycles. The molecule has 2 aromatic carbocycles. The van der Waals surface area contributed by atoms with Gasteiger partial charge >= 0.3 is 18.4 Å². The number of H-pyrrole nitrogens is 1. The Bertz CT molecular complexity index is 1290. The zero-order valence-electron chi connectivity index (χ0n) is 17.1. The maximum Gasteiger partial charge on any atom is 0.434 e. The molecular formula is C21H13F7N4O3. The topological polar surface area (TPSA) is 96.1 Å². The fraction of sp³-hybridized carbons (Fsp3) is 0.190. The normalized spacial score (nSPS) is 17.9. The molecule has 0 bridgehead atoms. The van der Waals surface area contributed by atoms with Crippen LogP contribution in [0, 0.1) is 5.82 Å². The molecule has 3 N–H and O–H groups in total. The average Bonchev–Trinajstić information content (AvgIpc) is 3.27. The lowest BCUT2D eigenvalue weighted by Gasteiger charge is -2.39. The van der Waals surface area contributed by atoms with Gasteiger partial charge in [-0.25, -0.2) is 9.18 Å². The molecule has 0 fully saturated rings. The van der Waals surface area contributed by atoms with Crippen LogP contribution in [0.3, 0.4) is 0 Å². The van der Waals surface area contributed by atoms with Crippen molar-refractivity contribution in [3.8, 4) is 11.3 Å². The molecule has 1 aliphatic heterocycles. The third-order valence-electron chi connectivity index (χ3n) is 5.20. The lowest BCUT2D eigenvalue weighted by molar-refractivity contribution is -0.261. The van der Waals surface area contributed by atoms with Crippen molar-refractivity contribution in [1.82, 2.24) is 15.5 Å². The Kier molecular flexibility index (Phi) is 5.69. The second kappa shape index (κ2) is 8.29. The molecule has 0 spiro atoms. The van der Waals surface area contributed by atoms with E-state index in [0.717, 1.165) is 36.4 Å². The Labute approximate surface area is 191 Å². The van der Waals surface area contributed by atoms with Gasteiger partial charge in [0.25, 0.3) is 11.5 Å². The predicted molar refractivity (Wildman–Crippen MR) is 106 cm³/mol. The van der Waals surface area contributed by atoms with Crippen LogP contribution in [0.1, 0.15) is 21.6 Å². The number of halogens is 7. The number of ether oxygens (including phenoxy) is 1. The average molecular weight is 502 g/mol. The van der Waals surface area contributed by atoms with Crippen LogP contribution in [0.2, 0.25) is 0 Å². The SMILES string of the molecule is O=C1Nc2ccc(-c3cc(C(F)(F)F)[nH]n3)cc2C(CNC(=O)c2ccc(F)cc2)(C(F)(F)F)O1. The number of benzene rings is 2. The summed E-state index contributed by atoms with van der Waals surface area (Å²) < 4.78 is 99.6. The van der Waals surface area contributed by atoms with Gasteiger partial charge < -0.3 is 10.1 Å². The zero-order chi connectivity index (χ0) is 25.6. The van der Waals surface area contributed by atoms with Gasteiger partial charge in [0, 0.05) is 16.7 Å². The number of carbonyl (C=O) groups is 2. The third-order valence-corrected chi connectivity index (χ3v) is 5.20. The molecule has 1 unspecified atom stereocenters. The molecule has 4 rings (SSSR count). The van der Waals surface area contributed by atoms with Crippen molar-refractivity contribution in [1.29, 1.82) is 0 Å². The van der Waals surface area contributed by atoms with Crippen LogP contribution in [-0.2, 0) is 16.5 Å². The lowest BCUT2D eigenvalue weighted by Crippen LogP contribution is -2.56. The third kappa shape index (κ3) is 4.50. The highest BCUT2D eigenvalue weighted by molar-refractivity contribution is 5.94. The van der Waals surface area contributed by atoms with E-state index in [1.807, 2.05) is 5.32 Å². The summed E-state index contributed by atoms with van der Waals surface area (Å²) in [5.41, 5.74) is -6.22. The minimum absolute atomic E-state index is 0.145. The first-order valence-electron chi connectivity index (χ1n) is 9.68. The Morgan fingerprint density at radius 3 is 2.31 bits per heavy atom. The van der Waals surface area contributed by atoms with Crippen molar-refractivity contribution in [2.45, 2.75) is 18.0 Å². The summed E-state index contributed by atoms with van der Waals surface area (Å²) in [7, 11) is 0. The van der Waals surface area contributed by atoms with Crippen LogP contribution in [0.15, 0.2) is 48.5 Å². The van der Waals surface area contributed by atoms with E-state index >= 15 is 0 Å². The molecule has 3 aromatic rings. The number of fused-ring (bicyclic) bond motifs is 1. The van der Waals surface area contributed by atoms with Gasteiger partial charge in [-0.05, 0) is 42.5 Å². The van der Waals surface area contributed by atoms with Crippen molar-refractivity contribution in [2.75, 3.05) is 11.9 Å². The number of cyclic esters (lactones) is 1. The summed E-state index contributed by atoms with van der Waals surface area (Å²) in [4.78, 5) is 24.3. The molecule has 1 aliphatic rings. The zero-order valence-corrected chi connectivity index (χ0v) is 17.1. The fourth-order valence-corrected chi connectivity index (χ4v) is 3.46. The number of aromatic nitrogens is 2. The van der Waals surface area contributed by atoms with E-state index < -0.39 is 53.6 Å². The number of hydrogen-bond donors (Lipinski definition) is 3. The van der Waals surface area contributed by atoms with Gasteiger partial charge in [0.15, 0.2) is 0 Å². The number of alkyl halides is 6. The number of rotatable bonds is 4. The smallest absolute Gasteiger partial charge is 0.426 e. The second-order valence-electron chi connectivity index (χ2n) is 7.45. The van der Waals surface area contributed by atoms with Crippen LogP contribution in [0.25, 0.3) is 11.3 Å². The Hall–Kier alpha value is -4.10. The van der Waals surface area contributed by atoms with Crippen LogP contribution in [0.5, 0.6) is 0 Å². The number of aromatic amines is 1. The summed E-state index contributed by atoms with van der Waals surface area (Å²) >= 11 is 0. The Morgan fingerprint density at radius 2 is 1.71 bits per heavy atom. The summed E-state index contributed by atoms with van der Waals surface area (Å²) in [5.74, 6) is -1.68. The maximum absolute atomic E-state index is 14.4. The van der Waals surface area contributed by atoms with E-state index in [9.17, 15) is 40.3 Å². The molecule has 0 saturated heterocycles. The largest absolute Gasteiger partial charge is 0.434 e. The lowest BCUT2D eigenvalue weighted by atomic mass is 9.88. The van der Waals surface area contributed by atoms with Crippen molar-refractivity contribution in [3.63, 3.8) is 0 Å². The highest BCUT2D eigenvalue weighted by atomic mass is 19.4. The van der Waals surface area contributed by atoms with Gasteiger partial charge in [-0.15, -0.1) is 0 Å². The summed E-state index contributed by atoms with van der Waals surface area (Å²) in [6.45, 7) is -1.27. The van der Waals surface area contributed by atoms with Gasteiger partial charge in [0.1, 0.15) is 11.5 Å². The first kappa shape index (κ1) is 24.0. The number of carbonyl (C=O) groups excluding carboxylic acids is 2. The number of hydrogen-bond acceptors (Lipinski definition) is 4. The van der Waals surface area contributed by atoms with E-state index in [1.54, 1.807) is 5.10 Å². The van der Waals surface area contributed by atoms with Crippen molar-refractivity contribution < 1.29 is 45.1 Å². The van der Waals surface area contributed by atoms with Crippen molar-refractivity contribution in [3.05, 3.63) is 71.2 Å². The molecule has 184 valence electrons. The molecule has 1 atom stereocenters. The van der Waals surface area contributed by atoms with Crippen LogP contribution in [0.4, 0.5) is 41.2 Å². The highest BCUT2D eigenvalue weighted by Gasteiger charge is 2.62. The van der Waals surface area contributed by atoms with E-state index in [2.05, 4.69) is 15.2 Å². The number of nitrogens with one attached hydrogen (secondary N) is 3. The monoisotopic (exact) mass is 502 g/mol. The minimum atomic E-state index is -5.27. The standard InChI is InChI=1S/C21H13F7N4O3/c22-12-4-1-10(2-5-12)17(33)29-9-19(21(26,27)28)13-7-11(3-6-14(13)30-18(34)35-19)15-8-16(32-31-15)20(23,24)25/h1-8H,9H2,(H,29,33)(H,30,34)(H,31,32). The molecular weight excluding hydrogens is 489 g/mol. The Balaban J connectivity index is 1.75. The molecule has 7 nitrogen and oxygen atoms in total. The summed E-state index contributed by atoms with van der Waals surface area (Å²) in [6, 6.07) is 7.63. The molecule has 35 heavy (non-hydrogen) atoms. The predicted octanol–water partition coefficient (Wildman–Crippen LogP) is 4.98. The van der Waals surface area contributed by atoms with Gasteiger partial charge in [-0.2, -0.15) is 31.4 Å². The first-order valence-corrected chi connectivity index (χ1v) is 9.68. The van der Waals surface area contributed by atoms with Crippen molar-refractivity contribution >= 4 is 17.7 Å². The molecule has 0 aliphatic carbocycles. The van der Waals surface area contributed by atoms with Gasteiger partial charge in [-0.3, -0.25) is 15.2 Å². The van der Waals surface area contributed by atoms with E-state index in [0.29, 0.717) is 6.07 Å². The van der Waals surface area contributed by atoms with Crippen LogP contribution in [-0.4, -0.2) is 34.9 Å². The molecule has 1 aromatic heterocycles. The molecule has 14 heteroatoms. The van der Waals surface area contributed by atoms with E-state index in [1.165, 1.54) is 6.07 Å². The van der Waals surface area contributed by atoms with Crippen molar-refractivity contribution in [2.24, 2.45) is 0 Å². The Morgan fingerprint density at radius 1 is 1.03 bits per heavy atom. The molecule has 2 heterocycles. The quantitative estimate of drug-likeness (QED) is 0.439. The van der Waals surface area contributed by atoms with Gasteiger partial charge in [-0.1, -0.05) is 6.07 Å².